The van der Waals surface area contributed by atoms with Gasteiger partial charge in [0.05, 0.1) is 26.9 Å². The van der Waals surface area contributed by atoms with Crippen molar-refractivity contribution in [3.63, 3.8) is 0 Å². The number of hydrogen-bond acceptors (Lipinski definition) is 4. The molecule has 0 spiro atoms. The number of nitrogens with zero attached hydrogens (tertiary/aromatic N) is 3. The second-order valence-electron chi connectivity index (χ2n) is 11.2. The van der Waals surface area contributed by atoms with E-state index in [0.717, 1.165) is 42.7 Å². The van der Waals surface area contributed by atoms with Gasteiger partial charge >= 0.3 is 0 Å². The first kappa shape index (κ1) is 33.5. The third-order valence-corrected chi connectivity index (χ3v) is 8.20. The predicted octanol–water partition coefficient (Wildman–Crippen LogP) is 9.48. The summed E-state index contributed by atoms with van der Waals surface area (Å²) < 4.78 is 10.7. The SMILES string of the molecule is CCCCCCCCCCCCCC[C@H](Cc1ccc(OC)cc1)[C@H](Cc1ccc(OC)cc1)[C@@H](CO)N=[N+]=[N-]. The summed E-state index contributed by atoms with van der Waals surface area (Å²) >= 11 is 0. The van der Waals surface area contributed by atoms with Gasteiger partial charge in [-0.15, -0.1) is 0 Å². The van der Waals surface area contributed by atoms with Gasteiger partial charge in [-0.3, -0.25) is 0 Å². The smallest absolute Gasteiger partial charge is 0.118 e. The zero-order chi connectivity index (χ0) is 28.8. The van der Waals surface area contributed by atoms with Gasteiger partial charge in [-0.2, -0.15) is 0 Å². The van der Waals surface area contributed by atoms with E-state index in [-0.39, 0.29) is 18.4 Å². The molecule has 0 aliphatic carbocycles. The third kappa shape index (κ3) is 13.1. The highest BCUT2D eigenvalue weighted by Gasteiger charge is 2.29. The first-order chi connectivity index (χ1) is 19.6. The number of ether oxygens (including phenoxy) is 2. The molecule has 2 aromatic carbocycles. The summed E-state index contributed by atoms with van der Waals surface area (Å²) in [5.74, 6) is 1.98. The van der Waals surface area contributed by atoms with Gasteiger partial charge in [0.15, 0.2) is 0 Å². The van der Waals surface area contributed by atoms with Crippen molar-refractivity contribution in [3.05, 3.63) is 70.1 Å². The fraction of sp³-hybridized carbons (Fsp3) is 0.647. The van der Waals surface area contributed by atoms with Crippen LogP contribution in [0.3, 0.4) is 0 Å². The van der Waals surface area contributed by atoms with Gasteiger partial charge in [0.2, 0.25) is 0 Å². The summed E-state index contributed by atoms with van der Waals surface area (Å²) in [5.41, 5.74) is 11.7. The van der Waals surface area contributed by atoms with Crippen molar-refractivity contribution >= 4 is 0 Å². The van der Waals surface area contributed by atoms with Gasteiger partial charge in [-0.1, -0.05) is 113 Å². The lowest BCUT2D eigenvalue weighted by Crippen LogP contribution is -2.32. The molecule has 222 valence electrons. The molecule has 0 unspecified atom stereocenters. The lowest BCUT2D eigenvalue weighted by atomic mass is 9.76. The molecule has 0 fully saturated rings. The zero-order valence-corrected chi connectivity index (χ0v) is 25.3. The standard InChI is InChI=1S/C34H53N3O3/c1-4-5-6-7-8-9-10-11-12-13-14-15-16-30(25-28-17-21-31(39-2)22-18-28)33(34(27-38)36-37-35)26-29-19-23-32(40-3)24-20-29/h17-24,30,33-34,38H,4-16,25-27H2,1-3H3/t30-,33+,34-/m1/s1. The molecule has 0 saturated heterocycles. The van der Waals surface area contributed by atoms with E-state index in [0.29, 0.717) is 0 Å². The topological polar surface area (TPSA) is 87.5 Å². The molecule has 0 aliphatic rings. The molecule has 6 heteroatoms. The highest BCUT2D eigenvalue weighted by atomic mass is 16.5. The molecule has 0 heterocycles. The lowest BCUT2D eigenvalue weighted by molar-refractivity contribution is 0.177. The van der Waals surface area contributed by atoms with Gasteiger partial charge in [0.25, 0.3) is 0 Å². The number of rotatable bonds is 23. The van der Waals surface area contributed by atoms with Crippen LogP contribution in [0.5, 0.6) is 11.5 Å². The maximum absolute atomic E-state index is 10.2. The van der Waals surface area contributed by atoms with Crippen LogP contribution in [0.15, 0.2) is 53.6 Å². The predicted molar refractivity (Wildman–Crippen MR) is 166 cm³/mol. The highest BCUT2D eigenvalue weighted by Crippen LogP contribution is 2.32. The van der Waals surface area contributed by atoms with Crippen LogP contribution in [0.4, 0.5) is 0 Å². The number of aliphatic hydroxyl groups excluding tert-OH is 1. The summed E-state index contributed by atoms with van der Waals surface area (Å²) in [5, 5.41) is 14.3. The summed E-state index contributed by atoms with van der Waals surface area (Å²) in [6.45, 7) is 2.12. The number of unbranched alkanes of at least 4 members (excludes halogenated alkanes) is 11. The molecule has 0 bridgehead atoms. The van der Waals surface area contributed by atoms with E-state index in [1.807, 2.05) is 24.3 Å². The minimum Gasteiger partial charge on any atom is -0.497 e. The van der Waals surface area contributed by atoms with E-state index >= 15 is 0 Å². The van der Waals surface area contributed by atoms with E-state index in [1.54, 1.807) is 14.2 Å². The van der Waals surface area contributed by atoms with E-state index in [4.69, 9.17) is 9.47 Å². The van der Waals surface area contributed by atoms with E-state index in [1.165, 1.54) is 76.2 Å². The fourth-order valence-corrected chi connectivity index (χ4v) is 5.75. The second-order valence-corrected chi connectivity index (χ2v) is 11.2. The zero-order valence-electron chi connectivity index (χ0n) is 25.3. The van der Waals surface area contributed by atoms with Crippen LogP contribution in [0.25, 0.3) is 10.4 Å². The monoisotopic (exact) mass is 551 g/mol. The maximum Gasteiger partial charge on any atom is 0.118 e. The Labute approximate surface area is 243 Å². The van der Waals surface area contributed by atoms with Crippen molar-refractivity contribution in [1.82, 2.24) is 0 Å². The van der Waals surface area contributed by atoms with Crippen LogP contribution in [0.2, 0.25) is 0 Å². The quantitative estimate of drug-likeness (QED) is 0.0645. The van der Waals surface area contributed by atoms with Crippen molar-refractivity contribution < 1.29 is 14.6 Å². The fourth-order valence-electron chi connectivity index (χ4n) is 5.75. The molecule has 0 radical (unpaired) electrons. The van der Waals surface area contributed by atoms with Gasteiger partial charge in [-0.05, 0) is 72.0 Å². The molecular weight excluding hydrogens is 498 g/mol. The Kier molecular flexibility index (Phi) is 17.7. The molecule has 0 aromatic heterocycles. The molecule has 3 atom stereocenters. The Morgan fingerprint density at radius 1 is 0.700 bits per heavy atom. The minimum absolute atomic E-state index is 0.0316. The average Bonchev–Trinajstić information content (AvgIpc) is 2.99. The largest absolute Gasteiger partial charge is 0.497 e. The lowest BCUT2D eigenvalue weighted by Gasteiger charge is -2.31. The van der Waals surface area contributed by atoms with E-state index < -0.39 is 6.04 Å². The van der Waals surface area contributed by atoms with E-state index in [9.17, 15) is 10.6 Å². The van der Waals surface area contributed by atoms with E-state index in [2.05, 4.69) is 41.2 Å². The average molecular weight is 552 g/mol. The molecule has 0 aliphatic heterocycles. The molecule has 6 nitrogen and oxygen atoms in total. The molecule has 1 N–H and O–H groups in total. The molecule has 2 rings (SSSR count). The second kappa shape index (κ2) is 21.1. The first-order valence-corrected chi connectivity index (χ1v) is 15.6. The number of methoxy groups -OCH3 is 2. The summed E-state index contributed by atoms with van der Waals surface area (Å²) in [6.07, 6.45) is 18.6. The Balaban J connectivity index is 2.02. The molecular formula is C34H53N3O3. The van der Waals surface area contributed by atoms with Crippen LogP contribution in [0, 0.1) is 11.8 Å². The molecule has 0 saturated carbocycles. The van der Waals surface area contributed by atoms with Crippen molar-refractivity contribution in [2.45, 2.75) is 109 Å². The Bertz CT molecular complexity index is 942. The van der Waals surface area contributed by atoms with Crippen LogP contribution >= 0.6 is 0 Å². The number of hydrogen-bond donors (Lipinski definition) is 1. The van der Waals surface area contributed by atoms with Gasteiger partial charge in [-0.25, -0.2) is 0 Å². The molecule has 0 amide bonds. The summed E-state index contributed by atoms with van der Waals surface area (Å²) in [6, 6.07) is 15.9. The normalized spacial score (nSPS) is 13.3. The molecule has 40 heavy (non-hydrogen) atoms. The number of azide groups is 1. The summed E-state index contributed by atoms with van der Waals surface area (Å²) in [7, 11) is 3.35. The van der Waals surface area contributed by atoms with Gasteiger partial charge in [0.1, 0.15) is 11.5 Å². The molecule has 2 aromatic rings. The summed E-state index contributed by atoms with van der Waals surface area (Å²) in [4.78, 5) is 3.10. The third-order valence-electron chi connectivity index (χ3n) is 8.20. The Hall–Kier alpha value is -2.69. The maximum atomic E-state index is 10.2. The van der Waals surface area contributed by atoms with Crippen LogP contribution in [0.1, 0.15) is 102 Å². The number of aliphatic hydroxyl groups is 1. The van der Waals surface area contributed by atoms with Crippen molar-refractivity contribution in [3.8, 4) is 11.5 Å². The van der Waals surface area contributed by atoms with Crippen LogP contribution in [-0.4, -0.2) is 32.0 Å². The van der Waals surface area contributed by atoms with Crippen LogP contribution < -0.4 is 9.47 Å². The van der Waals surface area contributed by atoms with Crippen molar-refractivity contribution in [2.75, 3.05) is 20.8 Å². The minimum atomic E-state index is -0.465. The van der Waals surface area contributed by atoms with Gasteiger partial charge < -0.3 is 14.6 Å². The van der Waals surface area contributed by atoms with Gasteiger partial charge in [0, 0.05) is 4.91 Å². The van der Waals surface area contributed by atoms with Crippen molar-refractivity contribution in [2.24, 2.45) is 17.0 Å². The Morgan fingerprint density at radius 2 is 1.15 bits per heavy atom. The highest BCUT2D eigenvalue weighted by molar-refractivity contribution is 5.29. The Morgan fingerprint density at radius 3 is 1.57 bits per heavy atom. The number of benzene rings is 2. The van der Waals surface area contributed by atoms with Crippen molar-refractivity contribution in [1.29, 1.82) is 0 Å². The van der Waals surface area contributed by atoms with Crippen LogP contribution in [-0.2, 0) is 12.8 Å². The first-order valence-electron chi connectivity index (χ1n) is 15.6.